The molecule has 8 heteroatoms. The Balaban J connectivity index is 1.40. The Hall–Kier alpha value is -3.23. The Morgan fingerprint density at radius 3 is 3.07 bits per heavy atom. The number of carbonyl (C=O) groups excluding carboxylic acids is 1. The quantitative estimate of drug-likeness (QED) is 0.330. The van der Waals surface area contributed by atoms with Crippen molar-refractivity contribution in [2.75, 3.05) is 25.0 Å². The van der Waals surface area contributed by atoms with Crippen LogP contribution in [0.25, 0.3) is 0 Å². The highest BCUT2D eigenvalue weighted by Gasteiger charge is 2.28. The van der Waals surface area contributed by atoms with E-state index in [1.54, 1.807) is 6.20 Å². The number of hydrogen-bond acceptors (Lipinski definition) is 7. The number of ether oxygens (including phenoxy) is 1. The number of aromatic nitrogens is 1. The molecule has 1 atom stereocenters. The van der Waals surface area contributed by atoms with Crippen LogP contribution < -0.4 is 16.4 Å². The van der Waals surface area contributed by atoms with Crippen molar-refractivity contribution in [3.05, 3.63) is 70.6 Å². The van der Waals surface area contributed by atoms with Crippen LogP contribution in [0, 0.1) is 12.3 Å². The lowest BCUT2D eigenvalue weighted by Gasteiger charge is -2.34. The van der Waals surface area contributed by atoms with Crippen molar-refractivity contribution < 1.29 is 9.53 Å². The van der Waals surface area contributed by atoms with Crippen LogP contribution in [0.15, 0.2) is 42.7 Å². The van der Waals surface area contributed by atoms with Gasteiger partial charge in [-0.1, -0.05) is 12.1 Å². The van der Waals surface area contributed by atoms with Crippen LogP contribution in [-0.4, -0.2) is 41.3 Å². The van der Waals surface area contributed by atoms with Crippen LogP contribution in [0.1, 0.15) is 38.7 Å². The fourth-order valence-corrected chi connectivity index (χ4v) is 3.99. The first-order valence-corrected chi connectivity index (χ1v) is 9.98. The Morgan fingerprint density at radius 1 is 1.43 bits per heavy atom. The van der Waals surface area contributed by atoms with Crippen molar-refractivity contribution in [1.29, 1.82) is 5.41 Å². The average Bonchev–Trinajstić information content (AvgIpc) is 3.11. The Bertz CT molecular complexity index is 986. The van der Waals surface area contributed by atoms with E-state index in [2.05, 4.69) is 39.6 Å². The van der Waals surface area contributed by atoms with E-state index in [4.69, 9.17) is 15.9 Å². The van der Waals surface area contributed by atoms with E-state index in [1.807, 2.05) is 18.3 Å². The third-order valence-corrected chi connectivity index (χ3v) is 5.57. The van der Waals surface area contributed by atoms with Gasteiger partial charge in [0.05, 0.1) is 5.56 Å². The minimum absolute atomic E-state index is 0.00915. The molecule has 156 valence electrons. The van der Waals surface area contributed by atoms with Gasteiger partial charge in [-0.15, -0.1) is 0 Å². The largest absolute Gasteiger partial charge is 0.457 e. The second-order valence-electron chi connectivity index (χ2n) is 7.61. The fraction of sp³-hybridized carbons (Fsp3) is 0.318. The van der Waals surface area contributed by atoms with Gasteiger partial charge in [0.2, 0.25) is 0 Å². The van der Waals surface area contributed by atoms with Gasteiger partial charge in [0.15, 0.2) is 0 Å². The molecule has 1 saturated heterocycles. The lowest BCUT2D eigenvalue weighted by Crippen LogP contribution is -2.45. The van der Waals surface area contributed by atoms with Gasteiger partial charge in [0, 0.05) is 50.2 Å². The van der Waals surface area contributed by atoms with Crippen molar-refractivity contribution >= 4 is 17.6 Å². The Labute approximate surface area is 175 Å². The first-order chi connectivity index (χ1) is 14.5. The third kappa shape index (κ3) is 4.34. The molecule has 4 rings (SSSR count). The molecule has 0 aliphatic carbocycles. The number of pyridine rings is 1. The summed E-state index contributed by atoms with van der Waals surface area (Å²) in [7, 11) is 0. The molecule has 1 fully saturated rings. The molecular weight excluding hydrogens is 380 g/mol. The number of hydrogen-bond donors (Lipinski definition) is 4. The number of nitrogens with one attached hydrogen (secondary N) is 3. The van der Waals surface area contributed by atoms with Crippen molar-refractivity contribution in [1.82, 2.24) is 15.2 Å². The van der Waals surface area contributed by atoms with Crippen molar-refractivity contribution in [2.24, 2.45) is 5.73 Å². The minimum Gasteiger partial charge on any atom is -0.457 e. The second-order valence-corrected chi connectivity index (χ2v) is 7.61. The number of benzene rings is 1. The van der Waals surface area contributed by atoms with Crippen LogP contribution in [-0.2, 0) is 17.9 Å². The van der Waals surface area contributed by atoms with Crippen LogP contribution in [0.2, 0.25) is 0 Å². The molecule has 0 unspecified atom stereocenters. The lowest BCUT2D eigenvalue weighted by atomic mass is 9.93. The minimum atomic E-state index is -0.222. The zero-order valence-corrected chi connectivity index (χ0v) is 16.9. The summed E-state index contributed by atoms with van der Waals surface area (Å²) in [6.07, 6.45) is 4.94. The number of fused-ring (bicyclic) bond motifs is 1. The molecule has 1 aromatic heterocycles. The zero-order chi connectivity index (χ0) is 21.1. The Kier molecular flexibility index (Phi) is 5.78. The highest BCUT2D eigenvalue weighted by molar-refractivity contribution is 5.94. The van der Waals surface area contributed by atoms with Gasteiger partial charge in [-0.05, 0) is 41.8 Å². The number of esters is 1. The number of nitrogens with zero attached hydrogens (tertiary/aromatic N) is 2. The van der Waals surface area contributed by atoms with Gasteiger partial charge < -0.3 is 21.1 Å². The number of piperazine rings is 1. The third-order valence-electron chi connectivity index (χ3n) is 5.57. The molecular formula is C22H26N6O2. The number of anilines is 1. The van der Waals surface area contributed by atoms with E-state index in [0.29, 0.717) is 18.0 Å². The Morgan fingerprint density at radius 2 is 2.30 bits per heavy atom. The standard InChI is InChI=1S/C22H26N6O2/c1-14-16(3-4-17-18(14)13-30-22(17)29)19-12-28(9-8-25-19)11-15-2-5-21(27-10-15)26-7-6-20(23)24/h2-7,10,19,25H,8-9,11-13H2,1H3,(H3,23,24)(H,26,27)/b7-6-/t19-/m0/s1. The lowest BCUT2D eigenvalue weighted by molar-refractivity contribution is 0.0535. The molecule has 30 heavy (non-hydrogen) atoms. The van der Waals surface area contributed by atoms with Crippen molar-refractivity contribution in [2.45, 2.75) is 26.1 Å². The number of carbonyl (C=O) groups is 1. The van der Waals surface area contributed by atoms with Crippen LogP contribution in [0.4, 0.5) is 5.82 Å². The summed E-state index contributed by atoms with van der Waals surface area (Å²) in [5.74, 6) is 0.477. The monoisotopic (exact) mass is 406 g/mol. The molecule has 0 amide bonds. The maximum Gasteiger partial charge on any atom is 0.338 e. The molecule has 0 saturated carbocycles. The molecule has 3 heterocycles. The van der Waals surface area contributed by atoms with Gasteiger partial charge in [0.25, 0.3) is 0 Å². The number of cyclic esters (lactones) is 1. The van der Waals surface area contributed by atoms with Crippen LogP contribution in [0.5, 0.6) is 0 Å². The SMILES string of the molecule is Cc1c([C@@H]2CN(Cc3ccc(N/C=C\C(=N)N)nc3)CCN2)ccc2c1COC2=O. The second kappa shape index (κ2) is 8.64. The number of amidine groups is 1. The van der Waals surface area contributed by atoms with E-state index < -0.39 is 0 Å². The maximum absolute atomic E-state index is 11.8. The summed E-state index contributed by atoms with van der Waals surface area (Å²) in [5.41, 5.74) is 10.5. The molecule has 0 radical (unpaired) electrons. The number of nitrogens with two attached hydrogens (primary N) is 1. The van der Waals surface area contributed by atoms with Gasteiger partial charge in [-0.25, -0.2) is 9.78 Å². The number of rotatable bonds is 6. The summed E-state index contributed by atoms with van der Waals surface area (Å²) >= 11 is 0. The van der Waals surface area contributed by atoms with E-state index in [0.717, 1.165) is 42.9 Å². The summed E-state index contributed by atoms with van der Waals surface area (Å²) in [6.45, 7) is 6.02. The van der Waals surface area contributed by atoms with Gasteiger partial charge in [-0.3, -0.25) is 10.3 Å². The molecule has 0 spiro atoms. The summed E-state index contributed by atoms with van der Waals surface area (Å²) in [4.78, 5) is 18.6. The first-order valence-electron chi connectivity index (χ1n) is 9.98. The highest BCUT2D eigenvalue weighted by Crippen LogP contribution is 2.30. The van der Waals surface area contributed by atoms with Crippen molar-refractivity contribution in [3.63, 3.8) is 0 Å². The van der Waals surface area contributed by atoms with Crippen LogP contribution >= 0.6 is 0 Å². The average molecular weight is 406 g/mol. The molecule has 2 aliphatic rings. The maximum atomic E-state index is 11.8. The van der Waals surface area contributed by atoms with Crippen LogP contribution in [0.3, 0.4) is 0 Å². The predicted molar refractivity (Wildman–Crippen MR) is 115 cm³/mol. The molecule has 2 aromatic rings. The molecule has 1 aromatic carbocycles. The predicted octanol–water partition coefficient (Wildman–Crippen LogP) is 2.07. The van der Waals surface area contributed by atoms with Gasteiger partial charge >= 0.3 is 5.97 Å². The first kappa shape index (κ1) is 20.1. The van der Waals surface area contributed by atoms with Crippen molar-refractivity contribution in [3.8, 4) is 0 Å². The fourth-order valence-electron chi connectivity index (χ4n) is 3.99. The summed E-state index contributed by atoms with van der Waals surface area (Å²) in [5, 5.41) is 13.8. The van der Waals surface area contributed by atoms with Gasteiger partial charge in [0.1, 0.15) is 18.3 Å². The molecule has 8 nitrogen and oxygen atoms in total. The van der Waals surface area contributed by atoms with Gasteiger partial charge in [-0.2, -0.15) is 0 Å². The van der Waals surface area contributed by atoms with E-state index in [-0.39, 0.29) is 17.8 Å². The normalized spacial score (nSPS) is 19.0. The van der Waals surface area contributed by atoms with E-state index in [1.165, 1.54) is 11.6 Å². The molecule has 2 aliphatic heterocycles. The molecule has 5 N–H and O–H groups in total. The van der Waals surface area contributed by atoms with E-state index in [9.17, 15) is 4.79 Å². The summed E-state index contributed by atoms with van der Waals surface area (Å²) in [6, 6.07) is 8.13. The van der Waals surface area contributed by atoms with E-state index >= 15 is 0 Å². The highest BCUT2D eigenvalue weighted by atomic mass is 16.5. The molecule has 0 bridgehead atoms. The zero-order valence-electron chi connectivity index (χ0n) is 16.9. The smallest absolute Gasteiger partial charge is 0.338 e. The topological polar surface area (TPSA) is 116 Å². The summed E-state index contributed by atoms with van der Waals surface area (Å²) < 4.78 is 5.19.